The highest BCUT2D eigenvalue weighted by Gasteiger charge is 2.30. The fraction of sp³-hybridized carbons (Fsp3) is 0.652. The smallest absolute Gasteiger partial charge is 0.225 e. The van der Waals surface area contributed by atoms with Crippen LogP contribution in [0.25, 0.3) is 0 Å². The van der Waals surface area contributed by atoms with Gasteiger partial charge in [-0.1, -0.05) is 6.07 Å². The molecule has 0 aromatic heterocycles. The zero-order valence-electron chi connectivity index (χ0n) is 19.0. The number of thioether (sulfide) groups is 1. The lowest BCUT2D eigenvalue weighted by molar-refractivity contribution is -0.136. The number of aliphatic imine (C=N–C) groups is 1. The Bertz CT molecular complexity index is 758. The third kappa shape index (κ3) is 7.10. The van der Waals surface area contributed by atoms with E-state index in [1.807, 2.05) is 42.9 Å². The number of hydrogen-bond acceptors (Lipinski definition) is 4. The van der Waals surface area contributed by atoms with Crippen molar-refractivity contribution >= 4 is 23.6 Å². The molecule has 0 spiro atoms. The predicted octanol–water partition coefficient (Wildman–Crippen LogP) is 2.69. The summed E-state index contributed by atoms with van der Waals surface area (Å²) in [5, 5.41) is 6.85. The summed E-state index contributed by atoms with van der Waals surface area (Å²) in [4.78, 5) is 21.1. The van der Waals surface area contributed by atoms with E-state index in [0.29, 0.717) is 30.6 Å². The number of nitrogens with one attached hydrogen (secondary N) is 2. The van der Waals surface area contributed by atoms with Crippen LogP contribution in [0, 0.1) is 11.7 Å². The Morgan fingerprint density at radius 3 is 2.58 bits per heavy atom. The lowest BCUT2D eigenvalue weighted by Gasteiger charge is -2.34. The molecule has 6 nitrogen and oxygen atoms in total. The lowest BCUT2D eigenvalue weighted by Crippen LogP contribution is -2.47. The van der Waals surface area contributed by atoms with Crippen molar-refractivity contribution in [2.45, 2.75) is 44.8 Å². The minimum atomic E-state index is -0.172. The second kappa shape index (κ2) is 11.7. The summed E-state index contributed by atoms with van der Waals surface area (Å²) in [6.45, 7) is 2.96. The van der Waals surface area contributed by atoms with Gasteiger partial charge in [-0.3, -0.25) is 9.79 Å². The Morgan fingerprint density at radius 2 is 1.94 bits per heavy atom. The number of amides is 1. The molecule has 2 aliphatic rings. The van der Waals surface area contributed by atoms with Gasteiger partial charge in [0.25, 0.3) is 0 Å². The number of rotatable bonds is 6. The molecule has 0 atom stereocenters. The van der Waals surface area contributed by atoms with E-state index in [1.54, 1.807) is 7.05 Å². The fourth-order valence-corrected chi connectivity index (χ4v) is 5.20. The lowest BCUT2D eigenvalue weighted by atomic mass is 9.85. The van der Waals surface area contributed by atoms with Gasteiger partial charge in [-0.2, -0.15) is 11.8 Å². The van der Waals surface area contributed by atoms with Crippen molar-refractivity contribution in [1.29, 1.82) is 0 Å². The van der Waals surface area contributed by atoms with Gasteiger partial charge in [0.05, 0.1) is 0 Å². The van der Waals surface area contributed by atoms with Crippen LogP contribution in [-0.4, -0.2) is 73.4 Å². The summed E-state index contributed by atoms with van der Waals surface area (Å²) >= 11 is 1.93. The topological polar surface area (TPSA) is 60.0 Å². The van der Waals surface area contributed by atoms with Crippen LogP contribution in [0.15, 0.2) is 23.2 Å². The van der Waals surface area contributed by atoms with Gasteiger partial charge in [-0.15, -0.1) is 0 Å². The van der Waals surface area contributed by atoms with Crippen LogP contribution in [-0.2, 0) is 17.9 Å². The molecular weight excluding hydrogens is 413 g/mol. The van der Waals surface area contributed by atoms with Crippen LogP contribution < -0.4 is 10.6 Å². The number of carbonyl (C=O) groups excluding carboxylic acids is 1. The molecule has 1 saturated carbocycles. The number of halogens is 1. The standard InChI is InChI=1S/C23H36FN5OS/c1-25-23(26-15-17-4-9-21(24)19(14-17)16-28(2)3)27-20-7-5-18(6-8-20)22(30)29-10-12-31-13-11-29/h4,9,14,18,20H,5-8,10-13,15-16H2,1-3H3,(H2,25,26,27). The highest BCUT2D eigenvalue weighted by Crippen LogP contribution is 2.27. The number of carbonyl (C=O) groups is 1. The summed E-state index contributed by atoms with van der Waals surface area (Å²) in [5.74, 6) is 3.23. The molecule has 0 unspecified atom stereocenters. The second-order valence-electron chi connectivity index (χ2n) is 8.72. The SMILES string of the molecule is CN=C(NCc1ccc(F)c(CN(C)C)c1)NC1CCC(C(=O)N2CCSCC2)CC1. The zero-order chi connectivity index (χ0) is 22.2. The van der Waals surface area contributed by atoms with Gasteiger partial charge in [0.2, 0.25) is 5.91 Å². The quantitative estimate of drug-likeness (QED) is 0.517. The van der Waals surface area contributed by atoms with E-state index in [2.05, 4.69) is 20.5 Å². The maximum absolute atomic E-state index is 14.0. The Kier molecular flexibility index (Phi) is 9.02. The number of hydrogen-bond donors (Lipinski definition) is 2. The van der Waals surface area contributed by atoms with Crippen molar-refractivity contribution in [3.05, 3.63) is 35.1 Å². The first-order valence-electron chi connectivity index (χ1n) is 11.2. The molecule has 8 heteroatoms. The minimum absolute atomic E-state index is 0.172. The predicted molar refractivity (Wildman–Crippen MR) is 127 cm³/mol. The van der Waals surface area contributed by atoms with Crippen molar-refractivity contribution in [3.63, 3.8) is 0 Å². The molecule has 1 heterocycles. The van der Waals surface area contributed by atoms with Crippen LogP contribution in [0.3, 0.4) is 0 Å². The molecule has 0 bridgehead atoms. The Balaban J connectivity index is 1.45. The van der Waals surface area contributed by atoms with Crippen molar-refractivity contribution in [1.82, 2.24) is 20.4 Å². The summed E-state index contributed by atoms with van der Waals surface area (Å²) < 4.78 is 14.0. The highest BCUT2D eigenvalue weighted by atomic mass is 32.2. The summed E-state index contributed by atoms with van der Waals surface area (Å²) in [7, 11) is 5.63. The van der Waals surface area contributed by atoms with Gasteiger partial charge in [0.1, 0.15) is 5.82 Å². The number of benzene rings is 1. The molecule has 2 N–H and O–H groups in total. The average molecular weight is 450 g/mol. The van der Waals surface area contributed by atoms with Gasteiger partial charge >= 0.3 is 0 Å². The average Bonchev–Trinajstić information content (AvgIpc) is 2.78. The zero-order valence-corrected chi connectivity index (χ0v) is 19.8. The third-order valence-corrected chi connectivity index (χ3v) is 6.96. The largest absolute Gasteiger partial charge is 0.354 e. The molecule has 1 aliphatic heterocycles. The maximum atomic E-state index is 14.0. The van der Waals surface area contributed by atoms with Gasteiger partial charge in [0, 0.05) is 62.3 Å². The van der Waals surface area contributed by atoms with E-state index in [9.17, 15) is 9.18 Å². The van der Waals surface area contributed by atoms with Gasteiger partial charge in [0.15, 0.2) is 5.96 Å². The summed E-state index contributed by atoms with van der Waals surface area (Å²) in [6, 6.07) is 5.58. The van der Waals surface area contributed by atoms with E-state index >= 15 is 0 Å². The van der Waals surface area contributed by atoms with Gasteiger partial charge < -0.3 is 20.4 Å². The number of guanidine groups is 1. The van der Waals surface area contributed by atoms with E-state index in [-0.39, 0.29) is 11.7 Å². The molecule has 31 heavy (non-hydrogen) atoms. The molecular formula is C23H36FN5OS. The monoisotopic (exact) mass is 449 g/mol. The van der Waals surface area contributed by atoms with Crippen LogP contribution in [0.2, 0.25) is 0 Å². The van der Waals surface area contributed by atoms with Crippen LogP contribution in [0.4, 0.5) is 4.39 Å². The first kappa shape index (κ1) is 23.9. The maximum Gasteiger partial charge on any atom is 0.225 e. The number of nitrogens with zero attached hydrogens (tertiary/aromatic N) is 3. The highest BCUT2D eigenvalue weighted by molar-refractivity contribution is 7.99. The molecule has 0 radical (unpaired) electrons. The van der Waals surface area contributed by atoms with Gasteiger partial charge in [-0.25, -0.2) is 4.39 Å². The van der Waals surface area contributed by atoms with Crippen LogP contribution >= 0.6 is 11.8 Å². The van der Waals surface area contributed by atoms with Crippen molar-refractivity contribution in [3.8, 4) is 0 Å². The summed E-state index contributed by atoms with van der Waals surface area (Å²) in [5.41, 5.74) is 1.72. The van der Waals surface area contributed by atoms with E-state index in [0.717, 1.165) is 61.8 Å². The van der Waals surface area contributed by atoms with E-state index < -0.39 is 0 Å². The normalized spacial score (nSPS) is 22.5. The molecule has 1 aromatic rings. The minimum Gasteiger partial charge on any atom is -0.354 e. The molecule has 1 saturated heterocycles. The Labute approximate surface area is 190 Å². The Hall–Kier alpha value is -1.80. The molecule has 172 valence electrons. The third-order valence-electron chi connectivity index (χ3n) is 6.02. The molecule has 3 rings (SSSR count). The molecule has 2 fully saturated rings. The summed E-state index contributed by atoms with van der Waals surface area (Å²) in [6.07, 6.45) is 3.82. The molecule has 1 amide bonds. The van der Waals surface area contributed by atoms with Crippen molar-refractivity contribution in [2.24, 2.45) is 10.9 Å². The second-order valence-corrected chi connectivity index (χ2v) is 9.94. The van der Waals surface area contributed by atoms with Gasteiger partial charge in [-0.05, 0) is 57.5 Å². The van der Waals surface area contributed by atoms with Crippen LogP contribution in [0.5, 0.6) is 0 Å². The fourth-order valence-electron chi connectivity index (χ4n) is 4.30. The van der Waals surface area contributed by atoms with Crippen molar-refractivity contribution in [2.75, 3.05) is 45.7 Å². The molecule has 1 aromatic carbocycles. The Morgan fingerprint density at radius 1 is 1.23 bits per heavy atom. The van der Waals surface area contributed by atoms with E-state index in [1.165, 1.54) is 6.07 Å². The first-order valence-corrected chi connectivity index (χ1v) is 12.4. The van der Waals surface area contributed by atoms with Crippen molar-refractivity contribution < 1.29 is 9.18 Å². The first-order chi connectivity index (χ1) is 15.0. The molecule has 1 aliphatic carbocycles. The van der Waals surface area contributed by atoms with E-state index in [4.69, 9.17) is 0 Å². The van der Waals surface area contributed by atoms with Crippen LogP contribution in [0.1, 0.15) is 36.8 Å².